The van der Waals surface area contributed by atoms with Crippen LogP contribution in [0.25, 0.3) is 0 Å². The number of nitrogens with one attached hydrogen (secondary N) is 1. The van der Waals surface area contributed by atoms with Crippen molar-refractivity contribution in [3.05, 3.63) is 0 Å². The third-order valence-electron chi connectivity index (χ3n) is 2.90. The maximum atomic E-state index is 9.05. The lowest BCUT2D eigenvalue weighted by atomic mass is 9.89. The van der Waals surface area contributed by atoms with Crippen LogP contribution in [-0.4, -0.2) is 24.3 Å². The van der Waals surface area contributed by atoms with Gasteiger partial charge in [0.25, 0.3) is 0 Å². The molecule has 1 aliphatic carbocycles. The van der Waals surface area contributed by atoms with Gasteiger partial charge in [0.2, 0.25) is 0 Å². The van der Waals surface area contributed by atoms with Gasteiger partial charge in [0.05, 0.1) is 6.10 Å². The molecule has 0 radical (unpaired) electrons. The average Bonchev–Trinajstić information content (AvgIpc) is 2.14. The van der Waals surface area contributed by atoms with E-state index in [1.54, 1.807) is 0 Å². The lowest BCUT2D eigenvalue weighted by molar-refractivity contribution is 0.182. The highest BCUT2D eigenvalue weighted by Crippen LogP contribution is 2.22. The molecule has 0 spiro atoms. The molecule has 0 aliphatic heterocycles. The van der Waals surface area contributed by atoms with Gasteiger partial charge in [-0.15, -0.1) is 0 Å². The Morgan fingerprint density at radius 1 is 1.31 bits per heavy atom. The maximum absolute atomic E-state index is 9.05. The van der Waals surface area contributed by atoms with E-state index in [0.29, 0.717) is 0 Å². The molecule has 1 aliphatic rings. The highest BCUT2D eigenvalue weighted by molar-refractivity contribution is 4.68. The zero-order valence-electron chi connectivity index (χ0n) is 8.76. The van der Waals surface area contributed by atoms with Crippen molar-refractivity contribution in [2.45, 2.75) is 51.6 Å². The van der Waals surface area contributed by atoms with Crippen LogP contribution < -0.4 is 5.32 Å². The largest absolute Gasteiger partial charge is 0.393 e. The predicted octanol–water partition coefficient (Wildman–Crippen LogP) is 1.93. The van der Waals surface area contributed by atoms with Crippen molar-refractivity contribution in [2.24, 2.45) is 5.92 Å². The van der Waals surface area contributed by atoms with Crippen molar-refractivity contribution in [1.82, 2.24) is 5.32 Å². The first-order valence-corrected chi connectivity index (χ1v) is 5.68. The molecule has 0 heterocycles. The van der Waals surface area contributed by atoms with E-state index in [-0.39, 0.29) is 6.10 Å². The van der Waals surface area contributed by atoms with E-state index in [1.165, 1.54) is 32.1 Å². The summed E-state index contributed by atoms with van der Waals surface area (Å²) in [6.45, 7) is 3.98. The minimum atomic E-state index is -0.154. The molecule has 78 valence electrons. The van der Waals surface area contributed by atoms with Crippen LogP contribution in [0.1, 0.15) is 45.4 Å². The number of rotatable bonds is 5. The Morgan fingerprint density at radius 3 is 2.62 bits per heavy atom. The van der Waals surface area contributed by atoms with Crippen molar-refractivity contribution in [1.29, 1.82) is 0 Å². The topological polar surface area (TPSA) is 32.3 Å². The fraction of sp³-hybridized carbons (Fsp3) is 1.00. The Hall–Kier alpha value is -0.0800. The Labute approximate surface area is 81.7 Å². The molecule has 1 fully saturated rings. The molecular weight excluding hydrogens is 162 g/mol. The summed E-state index contributed by atoms with van der Waals surface area (Å²) in [7, 11) is 0. The quantitative estimate of drug-likeness (QED) is 0.641. The van der Waals surface area contributed by atoms with Gasteiger partial charge in [-0.1, -0.05) is 19.3 Å². The SMILES string of the molecule is CC(O)CCNCC1CCCCC1. The van der Waals surface area contributed by atoms with Crippen LogP contribution in [0.4, 0.5) is 0 Å². The molecule has 0 aromatic rings. The van der Waals surface area contributed by atoms with E-state index >= 15 is 0 Å². The predicted molar refractivity (Wildman–Crippen MR) is 55.7 cm³/mol. The molecule has 1 unspecified atom stereocenters. The van der Waals surface area contributed by atoms with Crippen molar-refractivity contribution >= 4 is 0 Å². The summed E-state index contributed by atoms with van der Waals surface area (Å²) in [6, 6.07) is 0. The maximum Gasteiger partial charge on any atom is 0.0524 e. The molecule has 2 N–H and O–H groups in total. The highest BCUT2D eigenvalue weighted by Gasteiger charge is 2.12. The van der Waals surface area contributed by atoms with E-state index in [0.717, 1.165) is 25.4 Å². The van der Waals surface area contributed by atoms with Gasteiger partial charge in [0.15, 0.2) is 0 Å². The molecule has 1 atom stereocenters. The molecule has 0 saturated heterocycles. The Morgan fingerprint density at radius 2 is 2.00 bits per heavy atom. The molecule has 2 heteroatoms. The van der Waals surface area contributed by atoms with Gasteiger partial charge < -0.3 is 10.4 Å². The molecule has 0 bridgehead atoms. The molecular formula is C11H23NO. The summed E-state index contributed by atoms with van der Waals surface area (Å²) in [5.41, 5.74) is 0. The first kappa shape index (κ1) is 11.0. The van der Waals surface area contributed by atoms with Gasteiger partial charge in [-0.05, 0) is 45.2 Å². The third kappa shape index (κ3) is 5.27. The first-order chi connectivity index (χ1) is 6.29. The van der Waals surface area contributed by atoms with Crippen LogP contribution in [0, 0.1) is 5.92 Å². The molecule has 1 saturated carbocycles. The van der Waals surface area contributed by atoms with E-state index in [1.807, 2.05) is 6.92 Å². The highest BCUT2D eigenvalue weighted by atomic mass is 16.3. The summed E-state index contributed by atoms with van der Waals surface area (Å²) in [6.07, 6.45) is 7.81. The summed E-state index contributed by atoms with van der Waals surface area (Å²) >= 11 is 0. The standard InChI is InChI=1S/C11H23NO/c1-10(13)7-8-12-9-11-5-3-2-4-6-11/h10-13H,2-9H2,1H3. The lowest BCUT2D eigenvalue weighted by Crippen LogP contribution is -2.26. The van der Waals surface area contributed by atoms with Gasteiger partial charge in [-0.3, -0.25) is 0 Å². The Bertz CT molecular complexity index is 119. The van der Waals surface area contributed by atoms with Crippen LogP contribution in [0.5, 0.6) is 0 Å². The molecule has 2 nitrogen and oxygen atoms in total. The van der Waals surface area contributed by atoms with Crippen LogP contribution in [0.2, 0.25) is 0 Å². The van der Waals surface area contributed by atoms with Gasteiger partial charge in [0, 0.05) is 0 Å². The van der Waals surface area contributed by atoms with Gasteiger partial charge in [0.1, 0.15) is 0 Å². The van der Waals surface area contributed by atoms with Crippen LogP contribution in [-0.2, 0) is 0 Å². The number of hydrogen-bond acceptors (Lipinski definition) is 2. The van der Waals surface area contributed by atoms with Gasteiger partial charge in [-0.2, -0.15) is 0 Å². The molecule has 13 heavy (non-hydrogen) atoms. The number of aliphatic hydroxyl groups is 1. The second kappa shape index (κ2) is 6.39. The summed E-state index contributed by atoms with van der Waals surface area (Å²) < 4.78 is 0. The molecule has 0 amide bonds. The van der Waals surface area contributed by atoms with Crippen molar-refractivity contribution < 1.29 is 5.11 Å². The van der Waals surface area contributed by atoms with Gasteiger partial charge in [-0.25, -0.2) is 0 Å². The lowest BCUT2D eigenvalue weighted by Gasteiger charge is -2.21. The number of hydrogen-bond donors (Lipinski definition) is 2. The smallest absolute Gasteiger partial charge is 0.0524 e. The Kier molecular flexibility index (Phi) is 5.40. The molecule has 0 aromatic carbocycles. The summed E-state index contributed by atoms with van der Waals surface area (Å²) in [4.78, 5) is 0. The fourth-order valence-electron chi connectivity index (χ4n) is 2.01. The van der Waals surface area contributed by atoms with E-state index in [4.69, 9.17) is 5.11 Å². The fourth-order valence-corrected chi connectivity index (χ4v) is 2.01. The third-order valence-corrected chi connectivity index (χ3v) is 2.90. The normalized spacial score (nSPS) is 21.7. The minimum Gasteiger partial charge on any atom is -0.393 e. The molecule has 0 aromatic heterocycles. The second-order valence-electron chi connectivity index (χ2n) is 4.35. The average molecular weight is 185 g/mol. The molecule has 1 rings (SSSR count). The van der Waals surface area contributed by atoms with E-state index in [2.05, 4.69) is 5.32 Å². The van der Waals surface area contributed by atoms with Crippen molar-refractivity contribution in [3.63, 3.8) is 0 Å². The number of aliphatic hydroxyl groups excluding tert-OH is 1. The monoisotopic (exact) mass is 185 g/mol. The minimum absolute atomic E-state index is 0.154. The van der Waals surface area contributed by atoms with E-state index < -0.39 is 0 Å². The zero-order chi connectivity index (χ0) is 9.52. The summed E-state index contributed by atoms with van der Waals surface area (Å²) in [5.74, 6) is 0.905. The van der Waals surface area contributed by atoms with Crippen molar-refractivity contribution in [3.8, 4) is 0 Å². The van der Waals surface area contributed by atoms with Gasteiger partial charge >= 0.3 is 0 Å². The van der Waals surface area contributed by atoms with Crippen LogP contribution in [0.3, 0.4) is 0 Å². The van der Waals surface area contributed by atoms with Crippen molar-refractivity contribution in [2.75, 3.05) is 13.1 Å². The summed E-state index contributed by atoms with van der Waals surface area (Å²) in [5, 5.41) is 12.5. The van der Waals surface area contributed by atoms with Crippen LogP contribution >= 0.6 is 0 Å². The zero-order valence-corrected chi connectivity index (χ0v) is 8.76. The second-order valence-corrected chi connectivity index (χ2v) is 4.35. The Balaban J connectivity index is 1.92. The van der Waals surface area contributed by atoms with Crippen LogP contribution in [0.15, 0.2) is 0 Å². The van der Waals surface area contributed by atoms with E-state index in [9.17, 15) is 0 Å². The first-order valence-electron chi connectivity index (χ1n) is 5.68.